The lowest BCUT2D eigenvalue weighted by Crippen LogP contribution is -2.24. The van der Waals surface area contributed by atoms with Crippen LogP contribution in [0.25, 0.3) is 0 Å². The lowest BCUT2D eigenvalue weighted by molar-refractivity contribution is -0.116. The second-order valence-electron chi connectivity index (χ2n) is 4.62. The number of aromatic nitrogens is 1. The lowest BCUT2D eigenvalue weighted by atomic mass is 10.3. The van der Waals surface area contributed by atoms with Crippen LogP contribution in [0.15, 0.2) is 16.2 Å². The van der Waals surface area contributed by atoms with E-state index in [0.717, 1.165) is 22.6 Å². The standard InChI is InChI=1S/C14H16N2O4S2/c1-4-20-13(18)12-8(2)5-11(22-12)15-10(17)6-16-9(3)7-21-14(16)19/h5,7H,4,6H2,1-3H3,(H,15,17). The van der Waals surface area contributed by atoms with E-state index in [1.807, 2.05) is 0 Å². The fourth-order valence-corrected chi connectivity index (χ4v) is 3.58. The molecule has 0 fully saturated rings. The largest absolute Gasteiger partial charge is 0.462 e. The van der Waals surface area contributed by atoms with Gasteiger partial charge < -0.3 is 10.1 Å². The van der Waals surface area contributed by atoms with Crippen molar-refractivity contribution in [3.63, 3.8) is 0 Å². The first-order valence-electron chi connectivity index (χ1n) is 6.64. The highest BCUT2D eigenvalue weighted by Crippen LogP contribution is 2.27. The zero-order valence-corrected chi connectivity index (χ0v) is 14.1. The van der Waals surface area contributed by atoms with E-state index in [1.54, 1.807) is 32.2 Å². The first-order valence-corrected chi connectivity index (χ1v) is 8.34. The minimum absolute atomic E-state index is 0.0418. The summed E-state index contributed by atoms with van der Waals surface area (Å²) >= 11 is 2.23. The number of carbonyl (C=O) groups excluding carboxylic acids is 2. The Morgan fingerprint density at radius 1 is 1.36 bits per heavy atom. The highest BCUT2D eigenvalue weighted by molar-refractivity contribution is 7.18. The number of nitrogens with one attached hydrogen (secondary N) is 1. The maximum absolute atomic E-state index is 12.0. The number of thiophene rings is 1. The minimum atomic E-state index is -0.393. The molecule has 0 saturated carbocycles. The van der Waals surface area contributed by atoms with E-state index in [4.69, 9.17) is 4.74 Å². The Kier molecular flexibility index (Phi) is 5.15. The molecule has 0 aliphatic carbocycles. The Balaban J connectivity index is 2.08. The number of hydrogen-bond acceptors (Lipinski definition) is 6. The second kappa shape index (κ2) is 6.89. The Labute approximate surface area is 135 Å². The van der Waals surface area contributed by atoms with E-state index in [2.05, 4.69) is 5.32 Å². The number of esters is 1. The third kappa shape index (κ3) is 3.63. The van der Waals surface area contributed by atoms with Crippen LogP contribution in [0.3, 0.4) is 0 Å². The van der Waals surface area contributed by atoms with Crippen molar-refractivity contribution in [2.24, 2.45) is 0 Å². The normalized spacial score (nSPS) is 10.5. The van der Waals surface area contributed by atoms with Gasteiger partial charge in [0.1, 0.15) is 11.4 Å². The van der Waals surface area contributed by atoms with Crippen molar-refractivity contribution < 1.29 is 14.3 Å². The molecule has 1 amide bonds. The second-order valence-corrected chi connectivity index (χ2v) is 6.49. The number of rotatable bonds is 5. The molecule has 2 aromatic heterocycles. The van der Waals surface area contributed by atoms with E-state index >= 15 is 0 Å². The van der Waals surface area contributed by atoms with Gasteiger partial charge in [-0.05, 0) is 32.4 Å². The van der Waals surface area contributed by atoms with Crippen LogP contribution in [-0.2, 0) is 16.1 Å². The number of thiazole rings is 1. The van der Waals surface area contributed by atoms with E-state index in [0.29, 0.717) is 16.5 Å². The first kappa shape index (κ1) is 16.4. The summed E-state index contributed by atoms with van der Waals surface area (Å²) in [5, 5.41) is 4.98. The van der Waals surface area contributed by atoms with Crippen molar-refractivity contribution in [3.8, 4) is 0 Å². The van der Waals surface area contributed by atoms with Crippen LogP contribution in [0, 0.1) is 13.8 Å². The smallest absolute Gasteiger partial charge is 0.348 e. The van der Waals surface area contributed by atoms with Gasteiger partial charge in [-0.15, -0.1) is 11.3 Å². The molecule has 118 valence electrons. The Bertz CT molecular complexity index is 757. The molecule has 2 rings (SSSR count). The third-order valence-corrected chi connectivity index (χ3v) is 4.93. The van der Waals surface area contributed by atoms with Gasteiger partial charge in [0.15, 0.2) is 0 Å². The molecule has 8 heteroatoms. The van der Waals surface area contributed by atoms with Crippen LogP contribution in [0.5, 0.6) is 0 Å². The van der Waals surface area contributed by atoms with Crippen LogP contribution in [0.1, 0.15) is 27.9 Å². The van der Waals surface area contributed by atoms with Gasteiger partial charge in [0, 0.05) is 11.1 Å². The van der Waals surface area contributed by atoms with Gasteiger partial charge in [0.2, 0.25) is 5.91 Å². The van der Waals surface area contributed by atoms with Gasteiger partial charge in [-0.1, -0.05) is 11.3 Å². The molecule has 0 bridgehead atoms. The summed E-state index contributed by atoms with van der Waals surface area (Å²) in [6, 6.07) is 1.72. The summed E-state index contributed by atoms with van der Waals surface area (Å²) in [5.41, 5.74) is 1.50. The average molecular weight is 340 g/mol. The van der Waals surface area contributed by atoms with E-state index in [9.17, 15) is 14.4 Å². The molecule has 0 radical (unpaired) electrons. The van der Waals surface area contributed by atoms with Crippen LogP contribution in [0.4, 0.5) is 5.00 Å². The summed E-state index contributed by atoms with van der Waals surface area (Å²) in [7, 11) is 0. The fraction of sp³-hybridized carbons (Fsp3) is 0.357. The molecule has 0 atom stereocenters. The number of anilines is 1. The van der Waals surface area contributed by atoms with Gasteiger partial charge in [-0.3, -0.25) is 14.2 Å². The van der Waals surface area contributed by atoms with Crippen molar-refractivity contribution >= 4 is 39.6 Å². The summed E-state index contributed by atoms with van der Waals surface area (Å²) in [6.45, 7) is 5.56. The van der Waals surface area contributed by atoms with Gasteiger partial charge in [0.05, 0.1) is 11.6 Å². The molecule has 0 aliphatic rings. The maximum atomic E-state index is 12.0. The molecule has 1 N–H and O–H groups in total. The van der Waals surface area contributed by atoms with Gasteiger partial charge in [-0.2, -0.15) is 0 Å². The fourth-order valence-electron chi connectivity index (χ4n) is 1.86. The van der Waals surface area contributed by atoms with Crippen molar-refractivity contribution in [2.45, 2.75) is 27.3 Å². The summed E-state index contributed by atoms with van der Waals surface area (Å²) in [5.74, 6) is -0.698. The molecule has 0 spiro atoms. The van der Waals surface area contributed by atoms with Crippen molar-refractivity contribution in [1.82, 2.24) is 4.57 Å². The number of aryl methyl sites for hydroxylation is 2. The molecular formula is C14H16N2O4S2. The molecule has 0 aliphatic heterocycles. The Morgan fingerprint density at radius 2 is 2.09 bits per heavy atom. The highest BCUT2D eigenvalue weighted by Gasteiger charge is 2.16. The van der Waals surface area contributed by atoms with Crippen molar-refractivity contribution in [2.75, 3.05) is 11.9 Å². The minimum Gasteiger partial charge on any atom is -0.462 e. The molecule has 6 nitrogen and oxygen atoms in total. The zero-order chi connectivity index (χ0) is 16.3. The van der Waals surface area contributed by atoms with Gasteiger partial charge in [0.25, 0.3) is 0 Å². The molecule has 0 saturated heterocycles. The van der Waals surface area contributed by atoms with Gasteiger partial charge >= 0.3 is 10.8 Å². The molecule has 2 aromatic rings. The Hall–Kier alpha value is -1.93. The first-order chi connectivity index (χ1) is 10.4. The quantitative estimate of drug-likeness (QED) is 0.848. The molecule has 22 heavy (non-hydrogen) atoms. The van der Waals surface area contributed by atoms with E-state index in [-0.39, 0.29) is 17.3 Å². The number of carbonyl (C=O) groups is 2. The summed E-state index contributed by atoms with van der Waals surface area (Å²) in [6.07, 6.45) is 0. The van der Waals surface area contributed by atoms with Crippen molar-refractivity contribution in [3.05, 3.63) is 37.2 Å². The number of amides is 1. The molecule has 0 aromatic carbocycles. The average Bonchev–Trinajstić information content (AvgIpc) is 2.96. The summed E-state index contributed by atoms with van der Waals surface area (Å²) < 4.78 is 6.37. The number of hydrogen-bond donors (Lipinski definition) is 1. The zero-order valence-electron chi connectivity index (χ0n) is 12.5. The monoisotopic (exact) mass is 340 g/mol. The molecular weight excluding hydrogens is 324 g/mol. The molecule has 0 unspecified atom stereocenters. The third-order valence-electron chi connectivity index (χ3n) is 2.92. The van der Waals surface area contributed by atoms with Crippen LogP contribution >= 0.6 is 22.7 Å². The predicted molar refractivity (Wildman–Crippen MR) is 87.0 cm³/mol. The topological polar surface area (TPSA) is 77.4 Å². The SMILES string of the molecule is CCOC(=O)c1sc(NC(=O)Cn2c(C)csc2=O)cc1C. The van der Waals surface area contributed by atoms with Crippen LogP contribution in [0.2, 0.25) is 0 Å². The maximum Gasteiger partial charge on any atom is 0.348 e. The summed E-state index contributed by atoms with van der Waals surface area (Å²) in [4.78, 5) is 35.7. The predicted octanol–water partition coefficient (Wildman–Crippen LogP) is 2.40. The van der Waals surface area contributed by atoms with Gasteiger partial charge in [-0.25, -0.2) is 4.79 Å². The highest BCUT2D eigenvalue weighted by atomic mass is 32.1. The Morgan fingerprint density at radius 3 is 2.68 bits per heavy atom. The number of nitrogens with zero attached hydrogens (tertiary/aromatic N) is 1. The lowest BCUT2D eigenvalue weighted by Gasteiger charge is -2.04. The van der Waals surface area contributed by atoms with Crippen LogP contribution < -0.4 is 10.2 Å². The van der Waals surface area contributed by atoms with Crippen LogP contribution in [-0.4, -0.2) is 23.1 Å². The molecule has 2 heterocycles. The van der Waals surface area contributed by atoms with Crippen molar-refractivity contribution in [1.29, 1.82) is 0 Å². The van der Waals surface area contributed by atoms with E-state index in [1.165, 1.54) is 15.9 Å². The number of ether oxygens (including phenoxy) is 1. The van der Waals surface area contributed by atoms with E-state index < -0.39 is 5.97 Å².